The molecule has 0 bridgehead atoms. The molecule has 2 heteroatoms. The zero-order valence-electron chi connectivity index (χ0n) is 6.19. The quantitative estimate of drug-likeness (QED) is 0.569. The summed E-state index contributed by atoms with van der Waals surface area (Å²) in [5.74, 6) is 0. The van der Waals surface area contributed by atoms with Crippen molar-refractivity contribution in [2.45, 2.75) is 20.3 Å². The standard InChI is InChI=1S/C8H10ClN/c1-3-7-4-6(2)5-8(9)10-7/h4-5H,3H2,1-2H3. The third-order valence-electron chi connectivity index (χ3n) is 1.35. The Labute approximate surface area is 66.0 Å². The van der Waals surface area contributed by atoms with E-state index in [0.29, 0.717) is 5.15 Å². The molecule has 0 aromatic carbocycles. The van der Waals surface area contributed by atoms with E-state index < -0.39 is 0 Å². The minimum Gasteiger partial charge on any atom is -0.241 e. The van der Waals surface area contributed by atoms with Gasteiger partial charge in [0.1, 0.15) is 5.15 Å². The Kier molecular flexibility index (Phi) is 2.28. The fraction of sp³-hybridized carbons (Fsp3) is 0.375. The molecule has 0 saturated heterocycles. The van der Waals surface area contributed by atoms with Crippen molar-refractivity contribution in [3.05, 3.63) is 28.5 Å². The highest BCUT2D eigenvalue weighted by molar-refractivity contribution is 6.29. The summed E-state index contributed by atoms with van der Waals surface area (Å²) in [5.41, 5.74) is 2.24. The largest absolute Gasteiger partial charge is 0.241 e. The van der Waals surface area contributed by atoms with Crippen LogP contribution in [-0.4, -0.2) is 4.98 Å². The van der Waals surface area contributed by atoms with E-state index in [1.54, 1.807) is 0 Å². The van der Waals surface area contributed by atoms with Gasteiger partial charge in [-0.25, -0.2) is 4.98 Å². The van der Waals surface area contributed by atoms with Crippen LogP contribution in [0.5, 0.6) is 0 Å². The Morgan fingerprint density at radius 3 is 2.70 bits per heavy atom. The van der Waals surface area contributed by atoms with E-state index in [-0.39, 0.29) is 0 Å². The molecule has 1 rings (SSSR count). The average molecular weight is 156 g/mol. The molecular formula is C8H10ClN. The molecule has 0 amide bonds. The van der Waals surface area contributed by atoms with Crippen LogP contribution < -0.4 is 0 Å². The molecule has 1 nitrogen and oxygen atoms in total. The molecule has 10 heavy (non-hydrogen) atoms. The predicted octanol–water partition coefficient (Wildman–Crippen LogP) is 2.61. The average Bonchev–Trinajstić information content (AvgIpc) is 1.85. The Bertz CT molecular complexity index is 212. The first kappa shape index (κ1) is 7.55. The predicted molar refractivity (Wildman–Crippen MR) is 43.4 cm³/mol. The molecule has 0 unspecified atom stereocenters. The van der Waals surface area contributed by atoms with Crippen LogP contribution >= 0.6 is 11.6 Å². The fourth-order valence-electron chi connectivity index (χ4n) is 0.875. The van der Waals surface area contributed by atoms with Crippen molar-refractivity contribution in [2.75, 3.05) is 0 Å². The van der Waals surface area contributed by atoms with Gasteiger partial charge in [-0.05, 0) is 31.0 Å². The van der Waals surface area contributed by atoms with Gasteiger partial charge in [0.2, 0.25) is 0 Å². The molecule has 0 aliphatic carbocycles. The zero-order chi connectivity index (χ0) is 7.56. The Morgan fingerprint density at radius 2 is 2.20 bits per heavy atom. The summed E-state index contributed by atoms with van der Waals surface area (Å²) in [6.07, 6.45) is 0.946. The Morgan fingerprint density at radius 1 is 1.50 bits per heavy atom. The molecule has 0 N–H and O–H groups in total. The van der Waals surface area contributed by atoms with Crippen LogP contribution in [0.25, 0.3) is 0 Å². The molecule has 1 aromatic heterocycles. The fourth-order valence-corrected chi connectivity index (χ4v) is 1.16. The maximum absolute atomic E-state index is 5.72. The summed E-state index contributed by atoms with van der Waals surface area (Å²) >= 11 is 5.72. The van der Waals surface area contributed by atoms with Crippen LogP contribution in [0.4, 0.5) is 0 Å². The Hall–Kier alpha value is -0.560. The topological polar surface area (TPSA) is 12.9 Å². The van der Waals surface area contributed by atoms with Crippen molar-refractivity contribution in [1.82, 2.24) is 4.98 Å². The van der Waals surface area contributed by atoms with E-state index in [1.165, 1.54) is 5.56 Å². The van der Waals surface area contributed by atoms with Crippen LogP contribution in [0.15, 0.2) is 12.1 Å². The number of nitrogens with zero attached hydrogens (tertiary/aromatic N) is 1. The van der Waals surface area contributed by atoms with E-state index in [1.807, 2.05) is 19.1 Å². The van der Waals surface area contributed by atoms with Gasteiger partial charge in [0, 0.05) is 5.69 Å². The monoisotopic (exact) mass is 155 g/mol. The van der Waals surface area contributed by atoms with E-state index >= 15 is 0 Å². The normalized spacial score (nSPS) is 9.90. The summed E-state index contributed by atoms with van der Waals surface area (Å²) < 4.78 is 0. The minimum atomic E-state index is 0.594. The number of aryl methyl sites for hydroxylation is 2. The summed E-state index contributed by atoms with van der Waals surface area (Å²) in [5, 5.41) is 0.594. The summed E-state index contributed by atoms with van der Waals surface area (Å²) in [7, 11) is 0. The summed E-state index contributed by atoms with van der Waals surface area (Å²) in [6, 6.07) is 3.91. The van der Waals surface area contributed by atoms with Gasteiger partial charge in [-0.1, -0.05) is 18.5 Å². The minimum absolute atomic E-state index is 0.594. The van der Waals surface area contributed by atoms with Crippen LogP contribution in [0, 0.1) is 6.92 Å². The molecule has 0 fully saturated rings. The van der Waals surface area contributed by atoms with Crippen molar-refractivity contribution in [2.24, 2.45) is 0 Å². The molecular weight excluding hydrogens is 146 g/mol. The second kappa shape index (κ2) is 3.02. The first-order valence-corrected chi connectivity index (χ1v) is 3.73. The van der Waals surface area contributed by atoms with E-state index in [4.69, 9.17) is 11.6 Å². The number of aromatic nitrogens is 1. The van der Waals surface area contributed by atoms with E-state index in [2.05, 4.69) is 11.9 Å². The molecule has 0 aliphatic heterocycles. The van der Waals surface area contributed by atoms with Crippen molar-refractivity contribution >= 4 is 11.6 Å². The highest BCUT2D eigenvalue weighted by Crippen LogP contribution is 2.09. The maximum Gasteiger partial charge on any atom is 0.129 e. The lowest BCUT2D eigenvalue weighted by molar-refractivity contribution is 1.03. The van der Waals surface area contributed by atoms with Gasteiger partial charge in [-0.2, -0.15) is 0 Å². The molecule has 0 spiro atoms. The highest BCUT2D eigenvalue weighted by Gasteiger charge is 1.94. The van der Waals surface area contributed by atoms with Crippen LogP contribution in [0.2, 0.25) is 5.15 Å². The summed E-state index contributed by atoms with van der Waals surface area (Å²) in [6.45, 7) is 4.09. The third kappa shape index (κ3) is 1.71. The lowest BCUT2D eigenvalue weighted by Crippen LogP contribution is -1.87. The third-order valence-corrected chi connectivity index (χ3v) is 1.55. The van der Waals surface area contributed by atoms with Gasteiger partial charge in [0.15, 0.2) is 0 Å². The number of pyridine rings is 1. The maximum atomic E-state index is 5.72. The van der Waals surface area contributed by atoms with Gasteiger partial charge >= 0.3 is 0 Å². The van der Waals surface area contributed by atoms with E-state index in [0.717, 1.165) is 12.1 Å². The van der Waals surface area contributed by atoms with Crippen LogP contribution in [0.1, 0.15) is 18.2 Å². The lowest BCUT2D eigenvalue weighted by Gasteiger charge is -1.97. The zero-order valence-corrected chi connectivity index (χ0v) is 6.94. The first-order valence-electron chi connectivity index (χ1n) is 3.35. The molecule has 0 aliphatic rings. The van der Waals surface area contributed by atoms with Crippen LogP contribution in [-0.2, 0) is 6.42 Å². The van der Waals surface area contributed by atoms with E-state index in [9.17, 15) is 0 Å². The van der Waals surface area contributed by atoms with Crippen molar-refractivity contribution < 1.29 is 0 Å². The first-order chi connectivity index (χ1) is 4.72. The van der Waals surface area contributed by atoms with Gasteiger partial charge in [0.25, 0.3) is 0 Å². The molecule has 1 aromatic rings. The number of halogens is 1. The second-order valence-corrected chi connectivity index (χ2v) is 2.70. The molecule has 0 radical (unpaired) electrons. The van der Waals surface area contributed by atoms with Crippen LogP contribution in [0.3, 0.4) is 0 Å². The number of hydrogen-bond acceptors (Lipinski definition) is 1. The molecule has 0 saturated carbocycles. The smallest absolute Gasteiger partial charge is 0.129 e. The van der Waals surface area contributed by atoms with Crippen molar-refractivity contribution in [1.29, 1.82) is 0 Å². The SMILES string of the molecule is CCc1cc(C)cc(Cl)n1. The number of rotatable bonds is 1. The van der Waals surface area contributed by atoms with Gasteiger partial charge in [-0.3, -0.25) is 0 Å². The molecule has 1 heterocycles. The molecule has 54 valence electrons. The van der Waals surface area contributed by atoms with Crippen molar-refractivity contribution in [3.8, 4) is 0 Å². The second-order valence-electron chi connectivity index (χ2n) is 2.31. The molecule has 0 atom stereocenters. The number of hydrogen-bond donors (Lipinski definition) is 0. The van der Waals surface area contributed by atoms with Crippen molar-refractivity contribution in [3.63, 3.8) is 0 Å². The highest BCUT2D eigenvalue weighted by atomic mass is 35.5. The van der Waals surface area contributed by atoms with Gasteiger partial charge < -0.3 is 0 Å². The summed E-state index contributed by atoms with van der Waals surface area (Å²) in [4.78, 5) is 4.12. The Balaban J connectivity index is 3.06. The lowest BCUT2D eigenvalue weighted by atomic mass is 10.2. The van der Waals surface area contributed by atoms with Gasteiger partial charge in [0.05, 0.1) is 0 Å². The van der Waals surface area contributed by atoms with Gasteiger partial charge in [-0.15, -0.1) is 0 Å².